The van der Waals surface area contributed by atoms with Crippen LogP contribution in [0.3, 0.4) is 0 Å². The van der Waals surface area contributed by atoms with Crippen LogP contribution in [-0.4, -0.2) is 21.3 Å². The lowest BCUT2D eigenvalue weighted by atomic mass is 10.3. The maximum Gasteiger partial charge on any atom is 0.178 e. The quantitative estimate of drug-likeness (QED) is 0.852. The molecule has 0 radical (unpaired) electrons. The van der Waals surface area contributed by atoms with Crippen molar-refractivity contribution in [2.75, 3.05) is 6.61 Å². The Kier molecular flexibility index (Phi) is 3.23. The molecule has 2 rings (SSSR count). The second-order valence-corrected chi connectivity index (χ2v) is 4.62. The first-order valence-corrected chi connectivity index (χ1v) is 5.91. The van der Waals surface area contributed by atoms with Crippen molar-refractivity contribution >= 4 is 39.2 Å². The largest absolute Gasteiger partial charge is 0.396 e. The number of H-pyrrole nitrogens is 1. The van der Waals surface area contributed by atoms with E-state index in [1.807, 2.05) is 22.8 Å². The third-order valence-corrected chi connectivity index (χ3v) is 3.09. The number of aliphatic hydroxyl groups is 1. The number of nitrogens with zero attached hydrogens (tertiary/aromatic N) is 1. The molecular formula is C10H11BrN2OS. The van der Waals surface area contributed by atoms with E-state index in [2.05, 4.69) is 20.9 Å². The maximum atomic E-state index is 8.82. The van der Waals surface area contributed by atoms with Gasteiger partial charge in [-0.25, -0.2) is 0 Å². The van der Waals surface area contributed by atoms with E-state index in [9.17, 15) is 0 Å². The van der Waals surface area contributed by atoms with Crippen LogP contribution in [0.4, 0.5) is 0 Å². The van der Waals surface area contributed by atoms with E-state index in [1.165, 1.54) is 0 Å². The summed E-state index contributed by atoms with van der Waals surface area (Å²) in [5, 5.41) is 8.82. The molecule has 0 spiro atoms. The Balaban J connectivity index is 2.55. The van der Waals surface area contributed by atoms with Crippen LogP contribution in [0.15, 0.2) is 22.7 Å². The van der Waals surface area contributed by atoms with E-state index in [0.717, 1.165) is 22.1 Å². The second kappa shape index (κ2) is 4.47. The predicted octanol–water partition coefficient (Wildman–Crippen LogP) is 2.84. The SMILES string of the molecule is OCCCn1c(=S)[nH]c2ccc(Br)cc21. The van der Waals surface area contributed by atoms with Crippen molar-refractivity contribution in [1.29, 1.82) is 0 Å². The van der Waals surface area contributed by atoms with E-state index < -0.39 is 0 Å². The molecule has 1 aromatic heterocycles. The fourth-order valence-electron chi connectivity index (χ4n) is 1.58. The van der Waals surface area contributed by atoms with Gasteiger partial charge in [0.1, 0.15) is 0 Å². The minimum Gasteiger partial charge on any atom is -0.396 e. The number of aliphatic hydroxyl groups excluding tert-OH is 1. The third kappa shape index (κ3) is 2.14. The average Bonchev–Trinajstić information content (AvgIpc) is 2.51. The molecular weight excluding hydrogens is 276 g/mol. The van der Waals surface area contributed by atoms with Gasteiger partial charge in [0.25, 0.3) is 0 Å². The number of halogens is 1. The molecule has 5 heteroatoms. The molecule has 0 fully saturated rings. The minimum absolute atomic E-state index is 0.183. The Hall–Kier alpha value is -0.650. The summed E-state index contributed by atoms with van der Waals surface area (Å²) in [4.78, 5) is 3.14. The second-order valence-electron chi connectivity index (χ2n) is 3.32. The molecule has 0 saturated heterocycles. The van der Waals surface area contributed by atoms with E-state index in [4.69, 9.17) is 17.3 Å². The van der Waals surface area contributed by atoms with E-state index in [0.29, 0.717) is 11.2 Å². The number of hydrogen-bond acceptors (Lipinski definition) is 2. The molecule has 15 heavy (non-hydrogen) atoms. The molecule has 0 amide bonds. The molecule has 1 aromatic carbocycles. The van der Waals surface area contributed by atoms with Gasteiger partial charge in [0.05, 0.1) is 11.0 Å². The Labute approximate surface area is 101 Å². The zero-order chi connectivity index (χ0) is 10.8. The first-order chi connectivity index (χ1) is 7.22. The Morgan fingerprint density at radius 1 is 1.47 bits per heavy atom. The summed E-state index contributed by atoms with van der Waals surface area (Å²) in [5.41, 5.74) is 2.10. The normalized spacial score (nSPS) is 11.1. The highest BCUT2D eigenvalue weighted by Crippen LogP contribution is 2.19. The average molecular weight is 287 g/mol. The van der Waals surface area contributed by atoms with Gasteiger partial charge < -0.3 is 14.7 Å². The van der Waals surface area contributed by atoms with Crippen LogP contribution in [0.1, 0.15) is 6.42 Å². The van der Waals surface area contributed by atoms with Crippen molar-refractivity contribution in [3.05, 3.63) is 27.4 Å². The first-order valence-electron chi connectivity index (χ1n) is 4.71. The van der Waals surface area contributed by atoms with Crippen molar-refractivity contribution in [2.45, 2.75) is 13.0 Å². The molecule has 0 aliphatic rings. The molecule has 0 saturated carbocycles. The van der Waals surface area contributed by atoms with Crippen molar-refractivity contribution in [3.63, 3.8) is 0 Å². The topological polar surface area (TPSA) is 41.0 Å². The molecule has 0 bridgehead atoms. The van der Waals surface area contributed by atoms with Crippen molar-refractivity contribution in [3.8, 4) is 0 Å². The van der Waals surface area contributed by atoms with Crippen LogP contribution in [-0.2, 0) is 6.54 Å². The molecule has 2 N–H and O–H groups in total. The third-order valence-electron chi connectivity index (χ3n) is 2.28. The van der Waals surface area contributed by atoms with Crippen molar-refractivity contribution < 1.29 is 5.11 Å². The van der Waals surface area contributed by atoms with Gasteiger partial charge in [-0.05, 0) is 36.8 Å². The van der Waals surface area contributed by atoms with Crippen LogP contribution >= 0.6 is 28.1 Å². The minimum atomic E-state index is 0.183. The molecule has 80 valence electrons. The van der Waals surface area contributed by atoms with Crippen LogP contribution in [0.25, 0.3) is 11.0 Å². The van der Waals surface area contributed by atoms with Gasteiger partial charge in [0.2, 0.25) is 0 Å². The first kappa shape index (κ1) is 10.9. The van der Waals surface area contributed by atoms with Crippen molar-refractivity contribution in [1.82, 2.24) is 9.55 Å². The summed E-state index contributed by atoms with van der Waals surface area (Å²) in [7, 11) is 0. The van der Waals surface area contributed by atoms with Gasteiger partial charge in [-0.2, -0.15) is 0 Å². The van der Waals surface area contributed by atoms with Gasteiger partial charge in [-0.3, -0.25) is 0 Å². The molecule has 2 aromatic rings. The zero-order valence-electron chi connectivity index (χ0n) is 8.03. The number of nitrogens with one attached hydrogen (secondary N) is 1. The van der Waals surface area contributed by atoms with Gasteiger partial charge in [0, 0.05) is 17.6 Å². The highest BCUT2D eigenvalue weighted by molar-refractivity contribution is 9.10. The molecule has 3 nitrogen and oxygen atoms in total. The number of aromatic nitrogens is 2. The fourth-order valence-corrected chi connectivity index (χ4v) is 2.23. The summed E-state index contributed by atoms with van der Waals surface area (Å²) in [5.74, 6) is 0. The molecule has 1 heterocycles. The Morgan fingerprint density at radius 3 is 3.00 bits per heavy atom. The maximum absolute atomic E-state index is 8.82. The fraction of sp³-hybridized carbons (Fsp3) is 0.300. The lowest BCUT2D eigenvalue weighted by Gasteiger charge is -2.02. The highest BCUT2D eigenvalue weighted by Gasteiger charge is 2.03. The smallest absolute Gasteiger partial charge is 0.178 e. The molecule has 0 unspecified atom stereocenters. The Morgan fingerprint density at radius 2 is 2.27 bits per heavy atom. The number of rotatable bonds is 3. The monoisotopic (exact) mass is 286 g/mol. The lowest BCUT2D eigenvalue weighted by Crippen LogP contribution is -1.99. The van der Waals surface area contributed by atoms with E-state index >= 15 is 0 Å². The van der Waals surface area contributed by atoms with Crippen LogP contribution in [0.5, 0.6) is 0 Å². The van der Waals surface area contributed by atoms with Crippen LogP contribution < -0.4 is 0 Å². The number of aromatic amines is 1. The van der Waals surface area contributed by atoms with Gasteiger partial charge in [0.15, 0.2) is 4.77 Å². The van der Waals surface area contributed by atoms with E-state index in [-0.39, 0.29) is 6.61 Å². The summed E-state index contributed by atoms with van der Waals surface area (Å²) in [6.07, 6.45) is 0.716. The zero-order valence-corrected chi connectivity index (χ0v) is 10.4. The van der Waals surface area contributed by atoms with Crippen molar-refractivity contribution in [2.24, 2.45) is 0 Å². The lowest BCUT2D eigenvalue weighted by molar-refractivity contribution is 0.280. The summed E-state index contributed by atoms with van der Waals surface area (Å²) >= 11 is 8.65. The number of aryl methyl sites for hydroxylation is 1. The predicted molar refractivity (Wildman–Crippen MR) is 66.5 cm³/mol. The number of hydrogen-bond donors (Lipinski definition) is 2. The standard InChI is InChI=1S/C10H11BrN2OS/c11-7-2-3-8-9(6-7)13(4-1-5-14)10(15)12-8/h2-3,6,14H,1,4-5H2,(H,12,15). The molecule has 0 aliphatic carbocycles. The van der Waals surface area contributed by atoms with E-state index in [1.54, 1.807) is 0 Å². The Bertz CT molecular complexity index is 532. The van der Waals surface area contributed by atoms with Gasteiger partial charge >= 0.3 is 0 Å². The molecule has 0 aliphatic heterocycles. The van der Waals surface area contributed by atoms with Gasteiger partial charge in [-0.1, -0.05) is 15.9 Å². The van der Waals surface area contributed by atoms with Gasteiger partial charge in [-0.15, -0.1) is 0 Å². The summed E-state index contributed by atoms with van der Waals surface area (Å²) < 4.78 is 3.74. The molecule has 0 atom stereocenters. The van der Waals surface area contributed by atoms with Crippen LogP contribution in [0, 0.1) is 4.77 Å². The summed E-state index contributed by atoms with van der Waals surface area (Å²) in [6, 6.07) is 5.99. The van der Waals surface area contributed by atoms with Crippen LogP contribution in [0.2, 0.25) is 0 Å². The number of imidazole rings is 1. The highest BCUT2D eigenvalue weighted by atomic mass is 79.9. The summed E-state index contributed by atoms with van der Waals surface area (Å²) in [6.45, 7) is 0.925. The number of fused-ring (bicyclic) bond motifs is 1. The number of benzene rings is 1.